The van der Waals surface area contributed by atoms with Crippen molar-refractivity contribution < 1.29 is 19.1 Å². The molecule has 0 aromatic heterocycles. The highest BCUT2D eigenvalue weighted by Crippen LogP contribution is 2.19. The number of benzene rings is 1. The number of ether oxygens (including phenoxy) is 2. The van der Waals surface area contributed by atoms with Crippen LogP contribution in [-0.4, -0.2) is 25.2 Å². The number of rotatable bonds is 8. The normalized spacial score (nSPS) is 10.5. The van der Waals surface area contributed by atoms with Crippen molar-refractivity contribution in [3.05, 3.63) is 34.9 Å². The predicted molar refractivity (Wildman–Crippen MR) is 81.1 cm³/mol. The summed E-state index contributed by atoms with van der Waals surface area (Å²) in [6, 6.07) is 7.54. The molecule has 0 aliphatic carbocycles. The molecule has 0 heterocycles. The molecule has 0 bridgehead atoms. The summed E-state index contributed by atoms with van der Waals surface area (Å²) in [6.45, 7) is 3.92. The second kappa shape index (κ2) is 9.40. The van der Waals surface area contributed by atoms with Gasteiger partial charge in [-0.2, -0.15) is 0 Å². The number of carbonyl (C=O) groups excluding carboxylic acids is 2. The van der Waals surface area contributed by atoms with Crippen molar-refractivity contribution in [2.75, 3.05) is 13.2 Å². The maximum absolute atomic E-state index is 11.8. The van der Waals surface area contributed by atoms with Crippen LogP contribution >= 0.6 is 11.6 Å². The average Bonchev–Trinajstić information content (AvgIpc) is 2.45. The molecule has 0 spiro atoms. The molecule has 0 atom stereocenters. The van der Waals surface area contributed by atoms with Crippen molar-refractivity contribution in [2.24, 2.45) is 5.92 Å². The topological polar surface area (TPSA) is 52.6 Å². The first-order valence-electron chi connectivity index (χ1n) is 7.16. The fourth-order valence-corrected chi connectivity index (χ4v) is 2.25. The minimum Gasteiger partial charge on any atom is -0.465 e. The van der Waals surface area contributed by atoms with Gasteiger partial charge in [0.15, 0.2) is 5.92 Å². The van der Waals surface area contributed by atoms with E-state index < -0.39 is 17.9 Å². The third-order valence-corrected chi connectivity index (χ3v) is 3.41. The first-order valence-corrected chi connectivity index (χ1v) is 7.54. The van der Waals surface area contributed by atoms with Crippen molar-refractivity contribution in [1.29, 1.82) is 0 Å². The summed E-state index contributed by atoms with van der Waals surface area (Å²) in [6.07, 6.45) is 1.75. The molecule has 0 unspecified atom stereocenters. The second-order valence-electron chi connectivity index (χ2n) is 4.54. The van der Waals surface area contributed by atoms with Gasteiger partial charge >= 0.3 is 11.9 Å². The first kappa shape index (κ1) is 17.5. The van der Waals surface area contributed by atoms with Gasteiger partial charge in [-0.15, -0.1) is 0 Å². The summed E-state index contributed by atoms with van der Waals surface area (Å²) in [7, 11) is 0. The molecular weight excluding hydrogens is 292 g/mol. The summed E-state index contributed by atoms with van der Waals surface area (Å²) in [5, 5.41) is 0.696. The molecule has 116 valence electrons. The van der Waals surface area contributed by atoms with Crippen LogP contribution in [0.3, 0.4) is 0 Å². The minimum absolute atomic E-state index is 0.249. The molecule has 0 aliphatic heterocycles. The summed E-state index contributed by atoms with van der Waals surface area (Å²) in [5.74, 6) is -1.89. The zero-order chi connectivity index (χ0) is 15.7. The Labute approximate surface area is 130 Å². The third-order valence-electron chi connectivity index (χ3n) is 3.04. The quantitative estimate of drug-likeness (QED) is 0.545. The number of hydrogen-bond donors (Lipinski definition) is 0. The van der Waals surface area contributed by atoms with Gasteiger partial charge in [0.1, 0.15) is 0 Å². The maximum atomic E-state index is 11.8. The van der Waals surface area contributed by atoms with Crippen LogP contribution < -0.4 is 0 Å². The van der Waals surface area contributed by atoms with E-state index in [9.17, 15) is 9.59 Å². The molecule has 1 aromatic carbocycles. The number of carbonyl (C=O) groups is 2. The van der Waals surface area contributed by atoms with Crippen LogP contribution in [0.1, 0.15) is 32.3 Å². The minimum atomic E-state index is -0.854. The molecule has 0 amide bonds. The summed E-state index contributed by atoms with van der Waals surface area (Å²) in [5.41, 5.74) is 1.01. The van der Waals surface area contributed by atoms with E-state index in [4.69, 9.17) is 21.1 Å². The summed E-state index contributed by atoms with van der Waals surface area (Å²) < 4.78 is 9.86. The van der Waals surface area contributed by atoms with Crippen molar-refractivity contribution >= 4 is 23.5 Å². The molecule has 0 fully saturated rings. The molecule has 4 nitrogen and oxygen atoms in total. The fraction of sp³-hybridized carbons (Fsp3) is 0.500. The van der Waals surface area contributed by atoms with Gasteiger partial charge in [-0.3, -0.25) is 9.59 Å². The summed E-state index contributed by atoms with van der Waals surface area (Å²) >= 11 is 6.08. The Kier molecular flexibility index (Phi) is 7.83. The van der Waals surface area contributed by atoms with Crippen LogP contribution in [0.4, 0.5) is 0 Å². The van der Waals surface area contributed by atoms with Crippen molar-refractivity contribution in [1.82, 2.24) is 0 Å². The molecule has 0 aliphatic rings. The van der Waals surface area contributed by atoms with Gasteiger partial charge in [0.05, 0.1) is 13.2 Å². The van der Waals surface area contributed by atoms with E-state index >= 15 is 0 Å². The summed E-state index contributed by atoms with van der Waals surface area (Å²) in [4.78, 5) is 23.6. The molecule has 1 rings (SSSR count). The van der Waals surface area contributed by atoms with Gasteiger partial charge in [-0.05, 0) is 44.7 Å². The maximum Gasteiger partial charge on any atom is 0.320 e. The van der Waals surface area contributed by atoms with Gasteiger partial charge in [-0.1, -0.05) is 29.8 Å². The lowest BCUT2D eigenvalue weighted by Gasteiger charge is -2.14. The van der Waals surface area contributed by atoms with Gasteiger partial charge in [0.25, 0.3) is 0 Å². The molecular formula is C16H21ClO4. The van der Waals surface area contributed by atoms with E-state index in [2.05, 4.69) is 0 Å². The van der Waals surface area contributed by atoms with Gasteiger partial charge in [0.2, 0.25) is 0 Å². The fourth-order valence-electron chi connectivity index (χ4n) is 2.02. The Bertz CT molecular complexity index is 455. The van der Waals surface area contributed by atoms with E-state index in [1.54, 1.807) is 13.8 Å². The third kappa shape index (κ3) is 5.76. The van der Waals surface area contributed by atoms with Gasteiger partial charge < -0.3 is 9.47 Å². The van der Waals surface area contributed by atoms with Crippen LogP contribution in [0.15, 0.2) is 24.3 Å². The Morgan fingerprint density at radius 3 is 2.19 bits per heavy atom. The van der Waals surface area contributed by atoms with E-state index in [1.807, 2.05) is 24.3 Å². The van der Waals surface area contributed by atoms with Crippen LogP contribution in [0.5, 0.6) is 0 Å². The van der Waals surface area contributed by atoms with E-state index in [0.717, 1.165) is 5.56 Å². The molecule has 21 heavy (non-hydrogen) atoms. The Balaban J connectivity index is 2.58. The average molecular weight is 313 g/mol. The van der Waals surface area contributed by atoms with Crippen LogP contribution in [0, 0.1) is 5.92 Å². The van der Waals surface area contributed by atoms with Gasteiger partial charge in [0, 0.05) is 5.02 Å². The lowest BCUT2D eigenvalue weighted by molar-refractivity contribution is -0.161. The number of hydrogen-bond acceptors (Lipinski definition) is 4. The lowest BCUT2D eigenvalue weighted by Crippen LogP contribution is -2.28. The van der Waals surface area contributed by atoms with Crippen LogP contribution in [0.2, 0.25) is 5.02 Å². The monoisotopic (exact) mass is 312 g/mol. The van der Waals surface area contributed by atoms with Crippen molar-refractivity contribution in [3.63, 3.8) is 0 Å². The highest BCUT2D eigenvalue weighted by molar-refractivity contribution is 6.31. The van der Waals surface area contributed by atoms with E-state index in [-0.39, 0.29) is 13.2 Å². The molecule has 0 radical (unpaired) electrons. The molecule has 0 saturated heterocycles. The van der Waals surface area contributed by atoms with Crippen LogP contribution in [-0.2, 0) is 25.5 Å². The highest BCUT2D eigenvalue weighted by Gasteiger charge is 2.28. The molecule has 1 aromatic rings. The first-order chi connectivity index (χ1) is 10.1. The van der Waals surface area contributed by atoms with E-state index in [1.165, 1.54) is 0 Å². The number of halogens is 1. The number of esters is 2. The zero-order valence-corrected chi connectivity index (χ0v) is 13.2. The van der Waals surface area contributed by atoms with Crippen LogP contribution in [0.25, 0.3) is 0 Å². The van der Waals surface area contributed by atoms with E-state index in [0.29, 0.717) is 24.3 Å². The smallest absolute Gasteiger partial charge is 0.320 e. The van der Waals surface area contributed by atoms with Gasteiger partial charge in [-0.25, -0.2) is 0 Å². The molecule has 0 saturated carbocycles. The Hall–Kier alpha value is -1.55. The molecule has 0 N–H and O–H groups in total. The predicted octanol–water partition coefficient (Wildman–Crippen LogP) is 3.41. The Morgan fingerprint density at radius 2 is 1.67 bits per heavy atom. The zero-order valence-electron chi connectivity index (χ0n) is 12.4. The highest BCUT2D eigenvalue weighted by atomic mass is 35.5. The Morgan fingerprint density at radius 1 is 1.10 bits per heavy atom. The standard InChI is InChI=1S/C16H21ClO4/c1-3-20-15(18)13(16(19)21-4-2)10-7-9-12-8-5-6-11-14(12)17/h5-6,8,11,13H,3-4,7,9-10H2,1-2H3. The SMILES string of the molecule is CCOC(=O)C(CCCc1ccccc1Cl)C(=O)OCC. The number of aryl methyl sites for hydroxylation is 1. The van der Waals surface area contributed by atoms with Crippen molar-refractivity contribution in [2.45, 2.75) is 33.1 Å². The largest absolute Gasteiger partial charge is 0.465 e. The molecule has 5 heteroatoms. The van der Waals surface area contributed by atoms with Crippen molar-refractivity contribution in [3.8, 4) is 0 Å². The lowest BCUT2D eigenvalue weighted by atomic mass is 9.99. The second-order valence-corrected chi connectivity index (χ2v) is 4.95.